The number of carbonyl (C=O) groups is 2. The summed E-state index contributed by atoms with van der Waals surface area (Å²) in [6.45, 7) is 0. The van der Waals surface area contributed by atoms with Gasteiger partial charge >= 0.3 is 0 Å². The fourth-order valence-corrected chi connectivity index (χ4v) is 4.20. The summed E-state index contributed by atoms with van der Waals surface area (Å²) < 4.78 is 13.8. The fourth-order valence-electron chi connectivity index (χ4n) is 3.08. The van der Waals surface area contributed by atoms with Crippen molar-refractivity contribution in [2.24, 2.45) is 0 Å². The van der Waals surface area contributed by atoms with Gasteiger partial charge < -0.3 is 0 Å². The number of halogens is 2. The van der Waals surface area contributed by atoms with E-state index in [1.165, 1.54) is 42.5 Å². The zero-order chi connectivity index (χ0) is 22.1. The number of benzene rings is 3. The first kappa shape index (κ1) is 20.8. The van der Waals surface area contributed by atoms with Crippen LogP contribution in [0.25, 0.3) is 5.57 Å². The zero-order valence-electron chi connectivity index (χ0n) is 15.6. The molecule has 2 amide bonds. The van der Waals surface area contributed by atoms with Crippen molar-refractivity contribution in [2.45, 2.75) is 4.90 Å². The number of nitro benzene ring substituents is 1. The lowest BCUT2D eigenvalue weighted by Gasteiger charge is -2.15. The molecule has 1 aliphatic heterocycles. The number of imide groups is 1. The largest absolute Gasteiger partial charge is 0.272 e. The summed E-state index contributed by atoms with van der Waals surface area (Å²) in [6.07, 6.45) is 0. The first-order valence-corrected chi connectivity index (χ1v) is 10.1. The normalized spacial score (nSPS) is 13.8. The van der Waals surface area contributed by atoms with Crippen LogP contribution in [0.3, 0.4) is 0 Å². The van der Waals surface area contributed by atoms with Crippen molar-refractivity contribution in [1.82, 2.24) is 0 Å². The van der Waals surface area contributed by atoms with Crippen LogP contribution in [0.1, 0.15) is 5.56 Å². The first-order chi connectivity index (χ1) is 14.8. The second kappa shape index (κ2) is 8.33. The fraction of sp³-hybridized carbons (Fsp3) is 0. The van der Waals surface area contributed by atoms with E-state index in [2.05, 4.69) is 0 Å². The molecular weight excluding hydrogens is 443 g/mol. The lowest BCUT2D eigenvalue weighted by atomic mass is 10.1. The van der Waals surface area contributed by atoms with Gasteiger partial charge in [0.25, 0.3) is 17.5 Å². The summed E-state index contributed by atoms with van der Waals surface area (Å²) in [5, 5.41) is 11.5. The molecule has 0 saturated carbocycles. The number of carbonyl (C=O) groups excluding carboxylic acids is 2. The number of hydrogen-bond acceptors (Lipinski definition) is 5. The maximum atomic E-state index is 13.8. The average Bonchev–Trinajstić information content (AvgIpc) is 2.99. The molecule has 0 N–H and O–H groups in total. The van der Waals surface area contributed by atoms with Crippen LogP contribution in [0.5, 0.6) is 0 Å². The molecule has 3 aromatic carbocycles. The number of rotatable bonds is 5. The first-order valence-electron chi connectivity index (χ1n) is 8.92. The molecule has 31 heavy (non-hydrogen) atoms. The molecule has 0 unspecified atom stereocenters. The molecule has 1 aliphatic rings. The minimum absolute atomic E-state index is 0.0871. The molecule has 0 bridgehead atoms. The Morgan fingerprint density at radius 2 is 1.61 bits per heavy atom. The van der Waals surface area contributed by atoms with Crippen molar-refractivity contribution in [2.75, 3.05) is 4.90 Å². The number of nitrogens with zero attached hydrogens (tertiary/aromatic N) is 2. The maximum Gasteiger partial charge on any atom is 0.272 e. The summed E-state index contributed by atoms with van der Waals surface area (Å²) in [4.78, 5) is 38.6. The van der Waals surface area contributed by atoms with Gasteiger partial charge in [-0.2, -0.15) is 0 Å². The standard InChI is InChI=1S/C22H12ClFN2O4S/c23-14-6-10-18(11-7-14)31-20-19(13-4-8-16(9-5-13)26(29)30)21(27)25(22(20)28)17-3-1-2-15(24)12-17/h1-12H. The number of non-ortho nitro benzene ring substituents is 1. The smallest absolute Gasteiger partial charge is 0.268 e. The van der Waals surface area contributed by atoms with Gasteiger partial charge in [0.15, 0.2) is 0 Å². The van der Waals surface area contributed by atoms with E-state index in [-0.39, 0.29) is 21.9 Å². The van der Waals surface area contributed by atoms with E-state index >= 15 is 0 Å². The number of amides is 2. The molecule has 0 aromatic heterocycles. The average molecular weight is 455 g/mol. The number of thioether (sulfide) groups is 1. The summed E-state index contributed by atoms with van der Waals surface area (Å²) in [5.74, 6) is -1.83. The van der Waals surface area contributed by atoms with Crippen molar-refractivity contribution in [3.8, 4) is 0 Å². The van der Waals surface area contributed by atoms with Crippen molar-refractivity contribution in [3.05, 3.63) is 104 Å². The highest BCUT2D eigenvalue weighted by Crippen LogP contribution is 2.41. The molecule has 9 heteroatoms. The molecule has 0 spiro atoms. The van der Waals surface area contributed by atoms with Gasteiger partial charge in [-0.05, 0) is 60.2 Å². The molecule has 1 heterocycles. The van der Waals surface area contributed by atoms with Gasteiger partial charge in [0.2, 0.25) is 0 Å². The third-order valence-corrected chi connectivity index (χ3v) is 5.85. The van der Waals surface area contributed by atoms with Crippen LogP contribution in [0.2, 0.25) is 5.02 Å². The molecular formula is C22H12ClFN2O4S. The second-order valence-corrected chi connectivity index (χ2v) is 8.01. The van der Waals surface area contributed by atoms with Crippen LogP contribution in [-0.2, 0) is 9.59 Å². The third kappa shape index (κ3) is 4.08. The van der Waals surface area contributed by atoms with Crippen LogP contribution < -0.4 is 4.90 Å². The van der Waals surface area contributed by atoms with E-state index in [0.717, 1.165) is 22.7 Å². The Balaban J connectivity index is 1.82. The van der Waals surface area contributed by atoms with Gasteiger partial charge in [-0.3, -0.25) is 19.7 Å². The highest BCUT2D eigenvalue weighted by molar-refractivity contribution is 8.04. The van der Waals surface area contributed by atoms with Crippen molar-refractivity contribution in [1.29, 1.82) is 0 Å². The van der Waals surface area contributed by atoms with Gasteiger partial charge in [-0.25, -0.2) is 9.29 Å². The minimum atomic E-state index is -0.638. The summed E-state index contributed by atoms with van der Waals surface area (Å²) in [6, 6.07) is 17.2. The quantitative estimate of drug-likeness (QED) is 0.290. The highest BCUT2D eigenvalue weighted by atomic mass is 35.5. The van der Waals surface area contributed by atoms with Crippen LogP contribution >= 0.6 is 23.4 Å². The van der Waals surface area contributed by atoms with Gasteiger partial charge in [0.1, 0.15) is 5.82 Å². The van der Waals surface area contributed by atoms with Crippen molar-refractivity contribution < 1.29 is 18.9 Å². The summed E-state index contributed by atoms with van der Waals surface area (Å²) in [7, 11) is 0. The van der Waals surface area contributed by atoms with E-state index in [1.807, 2.05) is 0 Å². The molecule has 0 aliphatic carbocycles. The number of anilines is 1. The van der Waals surface area contributed by atoms with E-state index in [0.29, 0.717) is 15.5 Å². The molecule has 154 valence electrons. The Labute approximate surface area is 185 Å². The molecule has 0 saturated heterocycles. The molecule has 0 fully saturated rings. The maximum absolute atomic E-state index is 13.8. The topological polar surface area (TPSA) is 80.5 Å². The number of nitro groups is 1. The minimum Gasteiger partial charge on any atom is -0.268 e. The lowest BCUT2D eigenvalue weighted by molar-refractivity contribution is -0.384. The Morgan fingerprint density at radius 1 is 0.935 bits per heavy atom. The van der Waals surface area contributed by atoms with Crippen LogP contribution in [-0.4, -0.2) is 16.7 Å². The summed E-state index contributed by atoms with van der Waals surface area (Å²) >= 11 is 6.99. The van der Waals surface area contributed by atoms with Gasteiger partial charge in [-0.15, -0.1) is 0 Å². The van der Waals surface area contributed by atoms with Crippen LogP contribution in [0.15, 0.2) is 82.6 Å². The highest BCUT2D eigenvalue weighted by Gasteiger charge is 2.40. The zero-order valence-corrected chi connectivity index (χ0v) is 17.2. The molecule has 6 nitrogen and oxygen atoms in total. The molecule has 0 radical (unpaired) electrons. The van der Waals surface area contributed by atoms with E-state index < -0.39 is 22.6 Å². The molecule has 4 rings (SSSR count). The second-order valence-electron chi connectivity index (χ2n) is 6.49. The predicted octanol–water partition coefficient (Wildman–Crippen LogP) is 5.46. The third-order valence-electron chi connectivity index (χ3n) is 4.51. The van der Waals surface area contributed by atoms with Gasteiger partial charge in [0, 0.05) is 22.1 Å². The van der Waals surface area contributed by atoms with Gasteiger partial charge in [0.05, 0.1) is 21.1 Å². The Bertz CT molecular complexity index is 1240. The number of hydrogen-bond donors (Lipinski definition) is 0. The Morgan fingerprint density at radius 3 is 2.23 bits per heavy atom. The van der Waals surface area contributed by atoms with E-state index in [9.17, 15) is 24.1 Å². The Kier molecular flexibility index (Phi) is 5.58. The predicted molar refractivity (Wildman–Crippen MR) is 116 cm³/mol. The van der Waals surface area contributed by atoms with Gasteiger partial charge in [-0.1, -0.05) is 29.4 Å². The summed E-state index contributed by atoms with van der Waals surface area (Å²) in [5.41, 5.74) is 0.388. The molecule has 0 atom stereocenters. The van der Waals surface area contributed by atoms with E-state index in [4.69, 9.17) is 11.6 Å². The Hall–Kier alpha value is -3.49. The monoisotopic (exact) mass is 454 g/mol. The van der Waals surface area contributed by atoms with E-state index in [1.54, 1.807) is 24.3 Å². The SMILES string of the molecule is O=C1C(Sc2ccc(Cl)cc2)=C(c2ccc([N+](=O)[O-])cc2)C(=O)N1c1cccc(F)c1. The van der Waals surface area contributed by atoms with Crippen LogP contribution in [0.4, 0.5) is 15.8 Å². The molecule has 3 aromatic rings. The van der Waals surface area contributed by atoms with Crippen molar-refractivity contribution >= 4 is 52.1 Å². The lowest BCUT2D eigenvalue weighted by Crippen LogP contribution is -2.31. The van der Waals surface area contributed by atoms with Crippen LogP contribution in [0, 0.1) is 15.9 Å². The van der Waals surface area contributed by atoms with Crippen molar-refractivity contribution in [3.63, 3.8) is 0 Å².